The number of phenols is 1. The summed E-state index contributed by atoms with van der Waals surface area (Å²) in [7, 11) is 1.56. The normalized spacial score (nSPS) is 12.9. The van der Waals surface area contributed by atoms with E-state index in [0.717, 1.165) is 0 Å². The molecule has 2 atom stereocenters. The number of rotatable bonds is 7. The smallest absolute Gasteiger partial charge is 0.404 e. The molecule has 0 saturated heterocycles. The van der Waals surface area contributed by atoms with Crippen molar-refractivity contribution in [2.75, 3.05) is 7.11 Å². The first-order valence-corrected chi connectivity index (χ1v) is 7.63. The Kier molecular flexibility index (Phi) is 6.08. The number of ether oxygens (including phenoxy) is 3. The van der Waals surface area contributed by atoms with Crippen molar-refractivity contribution in [1.82, 2.24) is 0 Å². The van der Waals surface area contributed by atoms with Crippen LogP contribution in [-0.2, 0) is 11.3 Å². The van der Waals surface area contributed by atoms with Gasteiger partial charge in [-0.1, -0.05) is 18.2 Å². The molecule has 7 heteroatoms. The van der Waals surface area contributed by atoms with Crippen LogP contribution in [0.1, 0.15) is 24.2 Å². The maximum absolute atomic E-state index is 10.7. The molecule has 2 aromatic rings. The molecule has 0 heterocycles. The van der Waals surface area contributed by atoms with E-state index in [2.05, 4.69) is 0 Å². The van der Waals surface area contributed by atoms with Crippen LogP contribution in [0.4, 0.5) is 4.79 Å². The van der Waals surface area contributed by atoms with E-state index in [1.54, 1.807) is 44.4 Å². The van der Waals surface area contributed by atoms with Crippen molar-refractivity contribution in [3.05, 3.63) is 53.6 Å². The maximum Gasteiger partial charge on any atom is 0.404 e. The number of phenolic OH excluding ortho intramolecular Hbond substituents is 1. The lowest BCUT2D eigenvalue weighted by Gasteiger charge is -2.22. The summed E-state index contributed by atoms with van der Waals surface area (Å²) in [5, 5.41) is 20.3. The van der Waals surface area contributed by atoms with Crippen molar-refractivity contribution in [3.63, 3.8) is 0 Å². The van der Waals surface area contributed by atoms with E-state index in [-0.39, 0.29) is 18.1 Å². The largest absolute Gasteiger partial charge is 0.504 e. The molecule has 25 heavy (non-hydrogen) atoms. The second-order valence-electron chi connectivity index (χ2n) is 5.45. The average Bonchev–Trinajstić information content (AvgIpc) is 2.61. The summed E-state index contributed by atoms with van der Waals surface area (Å²) >= 11 is 0. The number of primary amides is 1. The van der Waals surface area contributed by atoms with Gasteiger partial charge in [0.25, 0.3) is 0 Å². The third-order valence-electron chi connectivity index (χ3n) is 3.62. The summed E-state index contributed by atoms with van der Waals surface area (Å²) < 4.78 is 15.5. The molecule has 0 aliphatic carbocycles. The lowest BCUT2D eigenvalue weighted by Crippen LogP contribution is -2.22. The molecule has 2 unspecified atom stereocenters. The van der Waals surface area contributed by atoms with Crippen molar-refractivity contribution in [2.45, 2.75) is 25.7 Å². The van der Waals surface area contributed by atoms with Crippen LogP contribution >= 0.6 is 0 Å². The number of methoxy groups -OCH3 is 1. The number of amides is 1. The monoisotopic (exact) mass is 347 g/mol. The number of hydrogen-bond donors (Lipinski definition) is 3. The summed E-state index contributed by atoms with van der Waals surface area (Å²) in [5.74, 6) is 0.770. The van der Waals surface area contributed by atoms with E-state index in [0.29, 0.717) is 16.9 Å². The average molecular weight is 347 g/mol. The van der Waals surface area contributed by atoms with Crippen molar-refractivity contribution in [3.8, 4) is 17.2 Å². The Balaban J connectivity index is 2.08. The van der Waals surface area contributed by atoms with Crippen molar-refractivity contribution in [1.29, 1.82) is 0 Å². The zero-order valence-electron chi connectivity index (χ0n) is 14.0. The molecule has 0 fully saturated rings. The number of carbonyl (C=O) groups excluding carboxylic acids is 1. The van der Waals surface area contributed by atoms with Crippen LogP contribution in [-0.4, -0.2) is 29.5 Å². The van der Waals surface area contributed by atoms with E-state index >= 15 is 0 Å². The number of hydrogen-bond acceptors (Lipinski definition) is 6. The lowest BCUT2D eigenvalue weighted by molar-refractivity contribution is 0.0450. The number of nitrogens with two attached hydrogens (primary N) is 1. The molecule has 7 nitrogen and oxygen atoms in total. The number of aliphatic hydroxyl groups excluding tert-OH is 1. The number of benzene rings is 2. The van der Waals surface area contributed by atoms with Crippen molar-refractivity contribution in [2.24, 2.45) is 5.73 Å². The summed E-state index contributed by atoms with van der Waals surface area (Å²) in [6.07, 6.45) is -2.43. The van der Waals surface area contributed by atoms with Gasteiger partial charge in [-0.05, 0) is 42.3 Å². The Bertz CT molecular complexity index is 716. The molecular formula is C18H21NO6. The predicted octanol–water partition coefficient (Wildman–Crippen LogP) is 2.50. The zero-order valence-corrected chi connectivity index (χ0v) is 14.0. The van der Waals surface area contributed by atoms with Gasteiger partial charge in [0.15, 0.2) is 11.5 Å². The molecular weight excluding hydrogens is 326 g/mol. The van der Waals surface area contributed by atoms with Gasteiger partial charge in [0.05, 0.1) is 7.11 Å². The minimum atomic E-state index is -0.907. The molecule has 1 amide bonds. The van der Waals surface area contributed by atoms with E-state index < -0.39 is 18.3 Å². The third kappa shape index (κ3) is 5.02. The molecule has 0 saturated carbocycles. The Morgan fingerprint density at radius 3 is 2.48 bits per heavy atom. The molecule has 0 aromatic heterocycles. The molecule has 0 aliphatic heterocycles. The molecule has 0 bridgehead atoms. The molecule has 2 aromatic carbocycles. The second kappa shape index (κ2) is 8.25. The number of aromatic hydroxyl groups is 1. The molecule has 4 N–H and O–H groups in total. The van der Waals surface area contributed by atoms with Gasteiger partial charge in [-0.15, -0.1) is 0 Å². The fourth-order valence-corrected chi connectivity index (χ4v) is 2.23. The van der Waals surface area contributed by atoms with Crippen LogP contribution in [0.2, 0.25) is 0 Å². The van der Waals surface area contributed by atoms with E-state index in [1.165, 1.54) is 12.1 Å². The van der Waals surface area contributed by atoms with Gasteiger partial charge in [-0.25, -0.2) is 4.79 Å². The third-order valence-corrected chi connectivity index (χ3v) is 3.62. The topological polar surface area (TPSA) is 111 Å². The van der Waals surface area contributed by atoms with Gasteiger partial charge in [-0.2, -0.15) is 0 Å². The standard InChI is InChI=1S/C18H21NO6/c1-11(17(21)13-4-6-14(23-2)7-5-13)25-16-9-12(3-8-15(16)20)10-24-18(19)22/h3-9,11,17,20-21H,10H2,1-2H3,(H2,19,22). The summed E-state index contributed by atoms with van der Waals surface area (Å²) in [6, 6.07) is 11.5. The van der Waals surface area contributed by atoms with Crippen LogP contribution in [0, 0.1) is 0 Å². The molecule has 0 aliphatic rings. The first-order valence-electron chi connectivity index (χ1n) is 7.63. The molecule has 0 radical (unpaired) electrons. The SMILES string of the molecule is COc1ccc(C(O)C(C)Oc2cc(COC(N)=O)ccc2O)cc1. The van der Waals surface area contributed by atoms with Gasteiger partial charge in [0, 0.05) is 0 Å². The minimum absolute atomic E-state index is 0.0403. The van der Waals surface area contributed by atoms with Crippen molar-refractivity contribution >= 4 is 6.09 Å². The van der Waals surface area contributed by atoms with Gasteiger partial charge >= 0.3 is 6.09 Å². The van der Waals surface area contributed by atoms with Crippen LogP contribution in [0.15, 0.2) is 42.5 Å². The van der Waals surface area contributed by atoms with Gasteiger partial charge in [0.2, 0.25) is 0 Å². The van der Waals surface area contributed by atoms with Crippen LogP contribution in [0.5, 0.6) is 17.2 Å². The van der Waals surface area contributed by atoms with E-state index in [4.69, 9.17) is 19.9 Å². The predicted molar refractivity (Wildman–Crippen MR) is 90.5 cm³/mol. The summed E-state index contributed by atoms with van der Waals surface area (Å²) in [6.45, 7) is 1.64. The second-order valence-corrected chi connectivity index (χ2v) is 5.45. The van der Waals surface area contributed by atoms with Gasteiger partial charge < -0.3 is 30.2 Å². The van der Waals surface area contributed by atoms with Crippen molar-refractivity contribution < 1.29 is 29.2 Å². The first-order chi connectivity index (χ1) is 11.9. The lowest BCUT2D eigenvalue weighted by atomic mass is 10.1. The summed E-state index contributed by atoms with van der Waals surface area (Å²) in [4.78, 5) is 10.7. The Morgan fingerprint density at radius 1 is 1.20 bits per heavy atom. The number of aliphatic hydroxyl groups is 1. The minimum Gasteiger partial charge on any atom is -0.504 e. The van der Waals surface area contributed by atoms with Gasteiger partial charge in [0.1, 0.15) is 24.6 Å². The fraction of sp³-hybridized carbons (Fsp3) is 0.278. The highest BCUT2D eigenvalue weighted by Crippen LogP contribution is 2.31. The first kappa shape index (κ1) is 18.4. The summed E-state index contributed by atoms with van der Waals surface area (Å²) in [5.41, 5.74) is 6.18. The highest BCUT2D eigenvalue weighted by atomic mass is 16.5. The Labute approximate surface area is 145 Å². The fourth-order valence-electron chi connectivity index (χ4n) is 2.23. The van der Waals surface area contributed by atoms with Gasteiger partial charge in [-0.3, -0.25) is 0 Å². The Hall–Kier alpha value is -2.93. The maximum atomic E-state index is 10.7. The molecule has 2 rings (SSSR count). The van der Waals surface area contributed by atoms with Crippen LogP contribution in [0.3, 0.4) is 0 Å². The number of carbonyl (C=O) groups is 1. The highest BCUT2D eigenvalue weighted by Gasteiger charge is 2.20. The highest BCUT2D eigenvalue weighted by molar-refractivity contribution is 5.64. The van der Waals surface area contributed by atoms with E-state index in [1.807, 2.05) is 0 Å². The quantitative estimate of drug-likeness (QED) is 0.709. The van der Waals surface area contributed by atoms with Crippen LogP contribution in [0.25, 0.3) is 0 Å². The zero-order chi connectivity index (χ0) is 18.4. The van der Waals surface area contributed by atoms with Crippen LogP contribution < -0.4 is 15.2 Å². The molecule has 0 spiro atoms. The molecule has 134 valence electrons. The van der Waals surface area contributed by atoms with E-state index in [9.17, 15) is 15.0 Å². The Morgan fingerprint density at radius 2 is 1.88 bits per heavy atom.